The van der Waals surface area contributed by atoms with Crippen molar-refractivity contribution in [2.75, 3.05) is 31.1 Å². The van der Waals surface area contributed by atoms with Gasteiger partial charge in [-0.1, -0.05) is 6.07 Å². The average molecular weight is 370 g/mol. The summed E-state index contributed by atoms with van der Waals surface area (Å²) in [5, 5.41) is 5.06. The lowest BCUT2D eigenvalue weighted by Crippen LogP contribution is -2.50. The van der Waals surface area contributed by atoms with Gasteiger partial charge >= 0.3 is 0 Å². The molecule has 2 aliphatic rings. The van der Waals surface area contributed by atoms with Crippen LogP contribution < -0.4 is 4.90 Å². The number of rotatable bonds is 3. The predicted molar refractivity (Wildman–Crippen MR) is 103 cm³/mol. The van der Waals surface area contributed by atoms with Crippen LogP contribution in [0.5, 0.6) is 0 Å². The van der Waals surface area contributed by atoms with Gasteiger partial charge < -0.3 is 4.90 Å². The summed E-state index contributed by atoms with van der Waals surface area (Å²) in [7, 11) is 0. The summed E-state index contributed by atoms with van der Waals surface area (Å²) in [5.74, 6) is 0.844. The summed E-state index contributed by atoms with van der Waals surface area (Å²) in [6.07, 6.45) is 6.44. The number of hydrogen-bond acceptors (Lipinski definition) is 7. The summed E-state index contributed by atoms with van der Waals surface area (Å²) in [6.45, 7) is 4.41. The highest BCUT2D eigenvalue weighted by atomic mass is 32.1. The second-order valence-electron chi connectivity index (χ2n) is 6.52. The van der Waals surface area contributed by atoms with Crippen LogP contribution in [0, 0.1) is 0 Å². The molecule has 0 aromatic carbocycles. The topological polar surface area (TPSA) is 45.2 Å². The molecule has 3 aromatic heterocycles. The van der Waals surface area contributed by atoms with Gasteiger partial charge in [0.2, 0.25) is 5.95 Å². The molecule has 7 heteroatoms. The van der Waals surface area contributed by atoms with Crippen molar-refractivity contribution in [3.8, 4) is 21.1 Å². The lowest BCUT2D eigenvalue weighted by Gasteiger charge is -2.37. The second-order valence-corrected chi connectivity index (χ2v) is 8.37. The van der Waals surface area contributed by atoms with E-state index in [0.717, 1.165) is 41.8 Å². The zero-order chi connectivity index (χ0) is 16.6. The first kappa shape index (κ1) is 15.4. The summed E-state index contributed by atoms with van der Waals surface area (Å²) >= 11 is 3.35. The number of nitrogens with zero attached hydrogens (tertiary/aromatic N) is 5. The van der Waals surface area contributed by atoms with Gasteiger partial charge in [0.25, 0.3) is 0 Å². The Morgan fingerprint density at radius 1 is 1.08 bits per heavy atom. The van der Waals surface area contributed by atoms with Gasteiger partial charge in [-0.25, -0.2) is 15.0 Å². The van der Waals surface area contributed by atoms with Gasteiger partial charge in [-0.05, 0) is 30.8 Å². The molecule has 3 aromatic rings. The molecule has 0 saturated carbocycles. The minimum atomic E-state index is 0.664. The summed E-state index contributed by atoms with van der Waals surface area (Å²) in [4.78, 5) is 20.3. The highest BCUT2D eigenvalue weighted by Gasteiger charge is 2.31. The average Bonchev–Trinajstić information content (AvgIpc) is 3.43. The largest absolute Gasteiger partial charge is 0.338 e. The van der Waals surface area contributed by atoms with Gasteiger partial charge in [0, 0.05) is 53.9 Å². The molecule has 2 fully saturated rings. The van der Waals surface area contributed by atoms with Crippen LogP contribution in [0.2, 0.25) is 0 Å². The molecule has 25 heavy (non-hydrogen) atoms. The van der Waals surface area contributed by atoms with Crippen molar-refractivity contribution in [2.45, 2.75) is 18.9 Å². The minimum absolute atomic E-state index is 0.664. The number of thiazole rings is 1. The summed E-state index contributed by atoms with van der Waals surface area (Å²) in [5.41, 5.74) is 2.03. The van der Waals surface area contributed by atoms with Gasteiger partial charge in [-0.2, -0.15) is 0 Å². The Labute approximate surface area is 155 Å². The van der Waals surface area contributed by atoms with Crippen LogP contribution in [0.15, 0.2) is 35.3 Å². The SMILES string of the molecule is c1csc(-c2cnc(N3CCN4CCCC4C3)nc2-c2nccs2)c1. The van der Waals surface area contributed by atoms with Gasteiger partial charge in [0.15, 0.2) is 0 Å². The van der Waals surface area contributed by atoms with Crippen molar-refractivity contribution in [3.63, 3.8) is 0 Å². The molecule has 2 saturated heterocycles. The molecule has 0 N–H and O–H groups in total. The monoisotopic (exact) mass is 369 g/mol. The number of fused-ring (bicyclic) bond motifs is 1. The maximum Gasteiger partial charge on any atom is 0.226 e. The van der Waals surface area contributed by atoms with Crippen LogP contribution in [0.25, 0.3) is 21.1 Å². The number of aromatic nitrogens is 3. The summed E-state index contributed by atoms with van der Waals surface area (Å²) in [6, 6.07) is 4.86. The maximum absolute atomic E-state index is 4.96. The lowest BCUT2D eigenvalue weighted by atomic mass is 10.1. The predicted octanol–water partition coefficient (Wildman–Crippen LogP) is 3.61. The minimum Gasteiger partial charge on any atom is -0.338 e. The van der Waals surface area contributed by atoms with Crippen LogP contribution >= 0.6 is 22.7 Å². The lowest BCUT2D eigenvalue weighted by molar-refractivity contribution is 0.229. The molecule has 5 nitrogen and oxygen atoms in total. The van der Waals surface area contributed by atoms with E-state index >= 15 is 0 Å². The first-order valence-corrected chi connectivity index (χ1v) is 10.4. The van der Waals surface area contributed by atoms with E-state index in [1.165, 1.54) is 24.3 Å². The Bertz CT molecular complexity index is 846. The van der Waals surface area contributed by atoms with E-state index in [1.54, 1.807) is 22.7 Å². The fourth-order valence-electron chi connectivity index (χ4n) is 3.81. The summed E-state index contributed by atoms with van der Waals surface area (Å²) < 4.78 is 0. The van der Waals surface area contributed by atoms with Crippen molar-refractivity contribution >= 4 is 28.6 Å². The first-order chi connectivity index (χ1) is 12.4. The zero-order valence-electron chi connectivity index (χ0n) is 13.8. The molecule has 0 amide bonds. The van der Waals surface area contributed by atoms with Crippen LogP contribution in [0.4, 0.5) is 5.95 Å². The second kappa shape index (κ2) is 6.48. The van der Waals surface area contributed by atoms with Crippen molar-refractivity contribution < 1.29 is 0 Å². The van der Waals surface area contributed by atoms with Crippen molar-refractivity contribution in [1.82, 2.24) is 19.9 Å². The molecule has 0 spiro atoms. The molecule has 1 unspecified atom stereocenters. The molecule has 0 radical (unpaired) electrons. The van der Waals surface area contributed by atoms with E-state index in [9.17, 15) is 0 Å². The maximum atomic E-state index is 4.96. The van der Waals surface area contributed by atoms with Crippen molar-refractivity contribution in [3.05, 3.63) is 35.3 Å². The third-order valence-electron chi connectivity index (χ3n) is 5.07. The fourth-order valence-corrected chi connectivity index (χ4v) is 5.19. The highest BCUT2D eigenvalue weighted by molar-refractivity contribution is 7.14. The van der Waals surface area contributed by atoms with Gasteiger partial charge in [-0.15, -0.1) is 22.7 Å². The molecular formula is C18H19N5S2. The molecule has 128 valence electrons. The normalized spacial score (nSPS) is 20.8. The Balaban J connectivity index is 1.52. The molecule has 5 rings (SSSR count). The Morgan fingerprint density at radius 3 is 2.92 bits per heavy atom. The van der Waals surface area contributed by atoms with E-state index < -0.39 is 0 Å². The fraction of sp³-hybridized carbons (Fsp3) is 0.389. The molecule has 0 aliphatic carbocycles. The number of anilines is 1. The first-order valence-electron chi connectivity index (χ1n) is 8.68. The number of hydrogen-bond donors (Lipinski definition) is 0. The Morgan fingerprint density at radius 2 is 2.08 bits per heavy atom. The molecule has 1 atom stereocenters. The highest BCUT2D eigenvalue weighted by Crippen LogP contribution is 2.35. The number of piperazine rings is 1. The Kier molecular flexibility index (Phi) is 4.00. The van der Waals surface area contributed by atoms with E-state index in [0.29, 0.717) is 6.04 Å². The molecular weight excluding hydrogens is 350 g/mol. The molecule has 0 bridgehead atoms. The van der Waals surface area contributed by atoms with Crippen LogP contribution in [0.3, 0.4) is 0 Å². The van der Waals surface area contributed by atoms with Gasteiger partial charge in [0.1, 0.15) is 10.7 Å². The van der Waals surface area contributed by atoms with E-state index in [4.69, 9.17) is 9.97 Å². The van der Waals surface area contributed by atoms with E-state index in [-0.39, 0.29) is 0 Å². The van der Waals surface area contributed by atoms with Crippen LogP contribution in [-0.4, -0.2) is 52.1 Å². The van der Waals surface area contributed by atoms with E-state index in [1.807, 2.05) is 17.8 Å². The smallest absolute Gasteiger partial charge is 0.226 e. The third kappa shape index (κ3) is 2.86. The van der Waals surface area contributed by atoms with E-state index in [2.05, 4.69) is 32.3 Å². The van der Waals surface area contributed by atoms with Crippen LogP contribution in [-0.2, 0) is 0 Å². The standard InChI is InChI=1S/C18H19N5S2/c1-3-13-12-23(8-7-22(13)6-1)18-20-11-14(15-4-2-9-24-15)16(21-18)17-19-5-10-25-17/h2,4-5,9-11,13H,1,3,6-8,12H2. The zero-order valence-corrected chi connectivity index (χ0v) is 15.5. The third-order valence-corrected chi connectivity index (χ3v) is 6.75. The number of thiophene rings is 1. The van der Waals surface area contributed by atoms with Crippen molar-refractivity contribution in [2.24, 2.45) is 0 Å². The molecule has 2 aliphatic heterocycles. The van der Waals surface area contributed by atoms with Gasteiger partial charge in [0.05, 0.1) is 0 Å². The quantitative estimate of drug-likeness (QED) is 0.706. The Hall–Kier alpha value is -1.83. The molecule has 5 heterocycles. The van der Waals surface area contributed by atoms with Crippen LogP contribution in [0.1, 0.15) is 12.8 Å². The van der Waals surface area contributed by atoms with Gasteiger partial charge in [-0.3, -0.25) is 4.90 Å². The van der Waals surface area contributed by atoms with Crippen molar-refractivity contribution in [1.29, 1.82) is 0 Å².